The summed E-state index contributed by atoms with van der Waals surface area (Å²) in [6.07, 6.45) is -5.81. The Morgan fingerprint density at radius 3 is 2.61 bits per heavy atom. The van der Waals surface area contributed by atoms with E-state index in [2.05, 4.69) is 31.0 Å². The molecule has 1 N–H and O–H groups in total. The van der Waals surface area contributed by atoms with Crippen molar-refractivity contribution in [2.45, 2.75) is 18.6 Å². The average molecular weight is 409 g/mol. The van der Waals surface area contributed by atoms with Gasteiger partial charge in [0.2, 0.25) is 0 Å². The Bertz CT molecular complexity index is 673. The molecule has 0 saturated carbocycles. The van der Waals surface area contributed by atoms with Crippen molar-refractivity contribution in [3.05, 3.63) is 34.1 Å². The summed E-state index contributed by atoms with van der Waals surface area (Å²) in [6, 6.07) is 5.81. The van der Waals surface area contributed by atoms with Gasteiger partial charge in [-0.25, -0.2) is 9.78 Å². The van der Waals surface area contributed by atoms with Crippen molar-refractivity contribution in [2.24, 2.45) is 0 Å². The molecule has 1 aromatic heterocycles. The Kier molecular flexibility index (Phi) is 5.64. The molecule has 2 rings (SSSR count). The van der Waals surface area contributed by atoms with Crippen LogP contribution >= 0.6 is 27.3 Å². The van der Waals surface area contributed by atoms with Crippen LogP contribution in [0.5, 0.6) is 0 Å². The van der Waals surface area contributed by atoms with Gasteiger partial charge in [0.25, 0.3) is 0 Å². The van der Waals surface area contributed by atoms with E-state index in [0.29, 0.717) is 5.69 Å². The minimum Gasteiger partial charge on any atom is -0.467 e. The Hall–Kier alpha value is -1.61. The molecule has 1 heterocycles. The van der Waals surface area contributed by atoms with Crippen LogP contribution in [-0.4, -0.2) is 30.3 Å². The number of hydrogen-bond donors (Lipinski definition) is 1. The SMILES string of the molecule is COC(=O)C(CC(F)(F)F)Nc1nc(-c2ccc(Br)cc2)cs1. The van der Waals surface area contributed by atoms with Gasteiger partial charge in [0, 0.05) is 15.4 Å². The third-order valence-electron chi connectivity index (χ3n) is 2.86. The van der Waals surface area contributed by atoms with Crippen LogP contribution in [-0.2, 0) is 9.53 Å². The highest BCUT2D eigenvalue weighted by atomic mass is 79.9. The number of nitrogens with one attached hydrogen (secondary N) is 1. The van der Waals surface area contributed by atoms with Gasteiger partial charge in [-0.1, -0.05) is 28.1 Å². The number of carbonyl (C=O) groups excluding carboxylic acids is 1. The fourth-order valence-electron chi connectivity index (χ4n) is 1.81. The predicted octanol–water partition coefficient (Wildman–Crippen LogP) is 4.48. The van der Waals surface area contributed by atoms with Crippen molar-refractivity contribution in [3.63, 3.8) is 0 Å². The standard InChI is InChI=1S/C14H12BrF3N2O2S/c1-22-12(21)10(6-14(16,17)18)19-13-20-11(7-23-13)8-2-4-9(15)5-3-8/h2-5,7,10H,6H2,1H3,(H,19,20). The Morgan fingerprint density at radius 2 is 2.04 bits per heavy atom. The number of alkyl halides is 3. The summed E-state index contributed by atoms with van der Waals surface area (Å²) in [6.45, 7) is 0. The number of halogens is 4. The van der Waals surface area contributed by atoms with Gasteiger partial charge >= 0.3 is 12.1 Å². The average Bonchev–Trinajstić information content (AvgIpc) is 2.93. The van der Waals surface area contributed by atoms with E-state index in [1.165, 1.54) is 0 Å². The van der Waals surface area contributed by atoms with Crippen molar-refractivity contribution in [1.29, 1.82) is 0 Å². The fourth-order valence-corrected chi connectivity index (χ4v) is 2.85. The van der Waals surface area contributed by atoms with Crippen LogP contribution in [0.3, 0.4) is 0 Å². The lowest BCUT2D eigenvalue weighted by Crippen LogP contribution is -2.35. The summed E-state index contributed by atoms with van der Waals surface area (Å²) < 4.78 is 42.9. The fraction of sp³-hybridized carbons (Fsp3) is 0.286. The van der Waals surface area contributed by atoms with Crippen LogP contribution in [0.4, 0.5) is 18.3 Å². The number of carbonyl (C=O) groups is 1. The number of ether oxygens (including phenoxy) is 1. The molecule has 0 amide bonds. The number of esters is 1. The molecule has 4 nitrogen and oxygen atoms in total. The van der Waals surface area contributed by atoms with Crippen molar-refractivity contribution in [1.82, 2.24) is 4.98 Å². The van der Waals surface area contributed by atoms with E-state index in [-0.39, 0.29) is 5.13 Å². The van der Waals surface area contributed by atoms with Gasteiger partial charge in [-0.05, 0) is 12.1 Å². The number of nitrogens with zero attached hydrogens (tertiary/aromatic N) is 1. The van der Waals surface area contributed by atoms with Gasteiger partial charge in [-0.2, -0.15) is 13.2 Å². The molecule has 0 radical (unpaired) electrons. The molecular weight excluding hydrogens is 397 g/mol. The molecule has 1 unspecified atom stereocenters. The summed E-state index contributed by atoms with van der Waals surface area (Å²) in [7, 11) is 1.04. The van der Waals surface area contributed by atoms with Gasteiger partial charge in [-0.3, -0.25) is 0 Å². The van der Waals surface area contributed by atoms with Gasteiger partial charge in [-0.15, -0.1) is 11.3 Å². The normalized spacial score (nSPS) is 12.7. The van der Waals surface area contributed by atoms with Crippen LogP contribution in [0.15, 0.2) is 34.1 Å². The smallest absolute Gasteiger partial charge is 0.391 e. The molecule has 0 aliphatic carbocycles. The zero-order chi connectivity index (χ0) is 17.0. The Morgan fingerprint density at radius 1 is 1.39 bits per heavy atom. The van der Waals surface area contributed by atoms with E-state index in [1.807, 2.05) is 24.3 Å². The Labute approximate surface area is 142 Å². The van der Waals surface area contributed by atoms with Crippen molar-refractivity contribution in [3.8, 4) is 11.3 Å². The first kappa shape index (κ1) is 17.7. The quantitative estimate of drug-likeness (QED) is 0.741. The lowest BCUT2D eigenvalue weighted by atomic mass is 10.2. The zero-order valence-corrected chi connectivity index (χ0v) is 14.3. The van der Waals surface area contributed by atoms with E-state index in [9.17, 15) is 18.0 Å². The second-order valence-electron chi connectivity index (χ2n) is 4.58. The van der Waals surface area contributed by atoms with Crippen LogP contribution in [0.2, 0.25) is 0 Å². The molecule has 0 saturated heterocycles. The first-order chi connectivity index (χ1) is 10.8. The lowest BCUT2D eigenvalue weighted by Gasteiger charge is -2.17. The molecule has 0 aliphatic heterocycles. The van der Waals surface area contributed by atoms with E-state index in [4.69, 9.17) is 0 Å². The number of thiazole rings is 1. The highest BCUT2D eigenvalue weighted by Gasteiger charge is 2.36. The molecule has 124 valence electrons. The predicted molar refractivity (Wildman–Crippen MR) is 85.3 cm³/mol. The molecule has 0 fully saturated rings. The van der Waals surface area contributed by atoms with E-state index < -0.39 is 24.6 Å². The van der Waals surface area contributed by atoms with Crippen LogP contribution in [0.25, 0.3) is 11.3 Å². The number of hydrogen-bond acceptors (Lipinski definition) is 5. The highest BCUT2D eigenvalue weighted by Crippen LogP contribution is 2.28. The molecular formula is C14H12BrF3N2O2S. The minimum atomic E-state index is -4.49. The van der Waals surface area contributed by atoms with Crippen LogP contribution in [0.1, 0.15) is 6.42 Å². The number of benzene rings is 1. The number of rotatable bonds is 5. The van der Waals surface area contributed by atoms with Crippen molar-refractivity contribution in [2.75, 3.05) is 12.4 Å². The van der Waals surface area contributed by atoms with E-state index in [0.717, 1.165) is 28.5 Å². The van der Waals surface area contributed by atoms with E-state index in [1.54, 1.807) is 5.38 Å². The minimum absolute atomic E-state index is 0.225. The topological polar surface area (TPSA) is 51.2 Å². The number of anilines is 1. The number of methoxy groups -OCH3 is 1. The molecule has 9 heteroatoms. The van der Waals surface area contributed by atoms with Crippen molar-refractivity contribution < 1.29 is 22.7 Å². The molecule has 1 aromatic carbocycles. The maximum atomic E-state index is 12.5. The first-order valence-electron chi connectivity index (χ1n) is 6.41. The summed E-state index contributed by atoms with van der Waals surface area (Å²) in [4.78, 5) is 15.7. The van der Waals surface area contributed by atoms with Crippen molar-refractivity contribution >= 4 is 38.4 Å². The molecule has 2 aromatic rings. The second kappa shape index (κ2) is 7.31. The maximum absolute atomic E-state index is 12.5. The lowest BCUT2D eigenvalue weighted by molar-refractivity contribution is -0.157. The van der Waals surface area contributed by atoms with E-state index >= 15 is 0 Å². The third kappa shape index (κ3) is 5.21. The highest BCUT2D eigenvalue weighted by molar-refractivity contribution is 9.10. The third-order valence-corrected chi connectivity index (χ3v) is 4.17. The summed E-state index contributed by atoms with van der Waals surface area (Å²) in [5, 5.41) is 4.42. The summed E-state index contributed by atoms with van der Waals surface area (Å²) >= 11 is 4.44. The second-order valence-corrected chi connectivity index (χ2v) is 6.36. The van der Waals surface area contributed by atoms with Crippen LogP contribution in [0, 0.1) is 0 Å². The monoisotopic (exact) mass is 408 g/mol. The molecule has 23 heavy (non-hydrogen) atoms. The first-order valence-corrected chi connectivity index (χ1v) is 8.08. The number of aromatic nitrogens is 1. The Balaban J connectivity index is 2.15. The summed E-state index contributed by atoms with van der Waals surface area (Å²) in [5.41, 5.74) is 1.43. The molecule has 0 aliphatic rings. The largest absolute Gasteiger partial charge is 0.467 e. The molecule has 1 atom stereocenters. The van der Waals surface area contributed by atoms with Crippen LogP contribution < -0.4 is 5.32 Å². The summed E-state index contributed by atoms with van der Waals surface area (Å²) in [5.74, 6) is -0.984. The maximum Gasteiger partial charge on any atom is 0.391 e. The molecule has 0 spiro atoms. The van der Waals surface area contributed by atoms with Gasteiger partial charge in [0.05, 0.1) is 19.2 Å². The molecule has 0 bridgehead atoms. The van der Waals surface area contributed by atoms with Gasteiger partial charge in [0.15, 0.2) is 5.13 Å². The van der Waals surface area contributed by atoms with Gasteiger partial charge in [0.1, 0.15) is 6.04 Å². The van der Waals surface area contributed by atoms with Gasteiger partial charge < -0.3 is 10.1 Å². The zero-order valence-electron chi connectivity index (χ0n) is 11.9.